The Kier molecular flexibility index (Phi) is 6.41. The molecule has 3 rings (SSSR count). The van der Waals surface area contributed by atoms with Crippen molar-refractivity contribution < 1.29 is 23.7 Å². The lowest BCUT2D eigenvalue weighted by molar-refractivity contribution is -0.131. The fourth-order valence-corrected chi connectivity index (χ4v) is 2.88. The third-order valence-electron chi connectivity index (χ3n) is 4.41. The summed E-state index contributed by atoms with van der Waals surface area (Å²) in [5, 5.41) is 0. The molecule has 0 N–H and O–H groups in total. The molecule has 6 nitrogen and oxygen atoms in total. The summed E-state index contributed by atoms with van der Waals surface area (Å²) in [4.78, 5) is 14.3. The Hall–Kier alpha value is -2.89. The summed E-state index contributed by atoms with van der Waals surface area (Å²) in [5.41, 5.74) is 1.03. The van der Waals surface area contributed by atoms with E-state index < -0.39 is 0 Å². The van der Waals surface area contributed by atoms with Gasteiger partial charge in [0.05, 0.1) is 13.7 Å². The van der Waals surface area contributed by atoms with Crippen molar-refractivity contribution in [3.8, 4) is 23.0 Å². The Morgan fingerprint density at radius 2 is 1.81 bits per heavy atom. The van der Waals surface area contributed by atoms with E-state index in [1.54, 1.807) is 7.11 Å². The van der Waals surface area contributed by atoms with Gasteiger partial charge in [0, 0.05) is 19.5 Å². The quantitative estimate of drug-likeness (QED) is 0.630. The molecule has 0 spiro atoms. The molecular weight excluding hydrogens is 346 g/mol. The van der Waals surface area contributed by atoms with Gasteiger partial charge in [0.1, 0.15) is 11.5 Å². The molecule has 0 atom stereocenters. The highest BCUT2D eigenvalue weighted by molar-refractivity contribution is 5.76. The zero-order valence-electron chi connectivity index (χ0n) is 15.8. The van der Waals surface area contributed by atoms with E-state index in [1.165, 1.54) is 0 Å². The molecule has 2 aromatic carbocycles. The van der Waals surface area contributed by atoms with Crippen molar-refractivity contribution in [2.75, 3.05) is 27.1 Å². The van der Waals surface area contributed by atoms with Gasteiger partial charge in [-0.3, -0.25) is 4.79 Å². The Balaban J connectivity index is 1.44. The number of hydrogen-bond acceptors (Lipinski definition) is 5. The van der Waals surface area contributed by atoms with E-state index in [0.29, 0.717) is 32.5 Å². The topological polar surface area (TPSA) is 57.2 Å². The van der Waals surface area contributed by atoms with Gasteiger partial charge in [-0.05, 0) is 55.3 Å². The van der Waals surface area contributed by atoms with E-state index in [2.05, 4.69) is 0 Å². The first-order chi connectivity index (χ1) is 13.2. The van der Waals surface area contributed by atoms with Crippen LogP contribution in [-0.4, -0.2) is 37.9 Å². The summed E-state index contributed by atoms with van der Waals surface area (Å²) < 4.78 is 21.5. The number of benzene rings is 2. The van der Waals surface area contributed by atoms with Crippen LogP contribution in [-0.2, 0) is 11.3 Å². The van der Waals surface area contributed by atoms with Crippen LogP contribution in [0.2, 0.25) is 0 Å². The molecule has 144 valence electrons. The van der Waals surface area contributed by atoms with Crippen LogP contribution in [0.4, 0.5) is 0 Å². The minimum atomic E-state index is 0.119. The van der Waals surface area contributed by atoms with Crippen LogP contribution in [0.5, 0.6) is 23.0 Å². The summed E-state index contributed by atoms with van der Waals surface area (Å²) in [6.07, 6.45) is 1.12. The molecule has 0 saturated heterocycles. The van der Waals surface area contributed by atoms with Crippen molar-refractivity contribution >= 4 is 5.91 Å². The maximum Gasteiger partial charge on any atom is 0.231 e. The van der Waals surface area contributed by atoms with Gasteiger partial charge in [-0.15, -0.1) is 0 Å². The Morgan fingerprint density at radius 3 is 2.56 bits per heavy atom. The lowest BCUT2D eigenvalue weighted by atomic mass is 10.1. The molecule has 0 radical (unpaired) electrons. The van der Waals surface area contributed by atoms with Crippen LogP contribution >= 0.6 is 0 Å². The highest BCUT2D eigenvalue weighted by Crippen LogP contribution is 2.32. The summed E-state index contributed by atoms with van der Waals surface area (Å²) >= 11 is 0. The maximum atomic E-state index is 12.5. The number of methoxy groups -OCH3 is 1. The third kappa shape index (κ3) is 5.06. The van der Waals surface area contributed by atoms with Crippen molar-refractivity contribution in [2.24, 2.45) is 0 Å². The second kappa shape index (κ2) is 9.16. The SMILES string of the molecule is CCN(Cc1ccc2c(c1)OCO2)C(=O)CCCOc1ccc(OC)cc1. The summed E-state index contributed by atoms with van der Waals surface area (Å²) in [6, 6.07) is 13.2. The van der Waals surface area contributed by atoms with Gasteiger partial charge >= 0.3 is 0 Å². The fraction of sp³-hybridized carbons (Fsp3) is 0.381. The highest BCUT2D eigenvalue weighted by Gasteiger charge is 2.16. The predicted octanol–water partition coefficient (Wildman–Crippen LogP) is 3.63. The molecule has 1 aliphatic rings. The Bertz CT molecular complexity index is 760. The van der Waals surface area contributed by atoms with Gasteiger partial charge in [-0.1, -0.05) is 6.07 Å². The van der Waals surface area contributed by atoms with Gasteiger partial charge in [-0.25, -0.2) is 0 Å². The van der Waals surface area contributed by atoms with Gasteiger partial charge in [0.15, 0.2) is 11.5 Å². The van der Waals surface area contributed by atoms with Crippen LogP contribution < -0.4 is 18.9 Å². The van der Waals surface area contributed by atoms with Crippen molar-refractivity contribution in [3.63, 3.8) is 0 Å². The van der Waals surface area contributed by atoms with Gasteiger partial charge in [0.2, 0.25) is 12.7 Å². The summed E-state index contributed by atoms with van der Waals surface area (Å²) in [6.45, 7) is 3.96. The van der Waals surface area contributed by atoms with Crippen molar-refractivity contribution in [3.05, 3.63) is 48.0 Å². The van der Waals surface area contributed by atoms with Gasteiger partial charge < -0.3 is 23.8 Å². The molecule has 1 amide bonds. The number of fused-ring (bicyclic) bond motifs is 1. The number of hydrogen-bond donors (Lipinski definition) is 0. The second-order valence-electron chi connectivity index (χ2n) is 6.22. The van der Waals surface area contributed by atoms with E-state index in [4.69, 9.17) is 18.9 Å². The zero-order valence-corrected chi connectivity index (χ0v) is 15.8. The highest BCUT2D eigenvalue weighted by atomic mass is 16.7. The molecule has 0 fully saturated rings. The molecule has 0 unspecified atom stereocenters. The lowest BCUT2D eigenvalue weighted by Crippen LogP contribution is -2.30. The lowest BCUT2D eigenvalue weighted by Gasteiger charge is -2.21. The molecular formula is C21H25NO5. The molecule has 0 bridgehead atoms. The van der Waals surface area contributed by atoms with E-state index in [0.717, 1.165) is 28.6 Å². The van der Waals surface area contributed by atoms with Crippen molar-refractivity contribution in [1.29, 1.82) is 0 Å². The minimum absolute atomic E-state index is 0.119. The molecule has 27 heavy (non-hydrogen) atoms. The largest absolute Gasteiger partial charge is 0.497 e. The predicted molar refractivity (Wildman–Crippen MR) is 101 cm³/mol. The molecule has 2 aromatic rings. The molecule has 1 heterocycles. The normalized spacial score (nSPS) is 11.9. The molecule has 0 aromatic heterocycles. The first-order valence-electron chi connectivity index (χ1n) is 9.12. The van der Waals surface area contributed by atoms with Gasteiger partial charge in [0.25, 0.3) is 0 Å². The van der Waals surface area contributed by atoms with E-state index in [9.17, 15) is 4.79 Å². The van der Waals surface area contributed by atoms with Crippen LogP contribution in [0.25, 0.3) is 0 Å². The number of nitrogens with zero attached hydrogens (tertiary/aromatic N) is 1. The molecule has 1 aliphatic heterocycles. The Labute approximate surface area is 159 Å². The maximum absolute atomic E-state index is 12.5. The second-order valence-corrected chi connectivity index (χ2v) is 6.22. The Morgan fingerprint density at radius 1 is 1.07 bits per heavy atom. The average molecular weight is 371 g/mol. The molecule has 0 aliphatic carbocycles. The third-order valence-corrected chi connectivity index (χ3v) is 4.41. The van der Waals surface area contributed by atoms with Crippen molar-refractivity contribution in [2.45, 2.75) is 26.3 Å². The van der Waals surface area contributed by atoms with E-state index in [-0.39, 0.29) is 12.7 Å². The number of rotatable bonds is 9. The molecule has 6 heteroatoms. The fourth-order valence-electron chi connectivity index (χ4n) is 2.88. The van der Waals surface area contributed by atoms with Crippen molar-refractivity contribution in [1.82, 2.24) is 4.90 Å². The zero-order chi connectivity index (χ0) is 19.1. The minimum Gasteiger partial charge on any atom is -0.497 e. The smallest absolute Gasteiger partial charge is 0.231 e. The standard InChI is InChI=1S/C21H25NO5/c1-3-22(14-16-6-11-19-20(13-16)27-15-26-19)21(23)5-4-12-25-18-9-7-17(24-2)8-10-18/h6-11,13H,3-5,12,14-15H2,1-2H3. The number of amides is 1. The van der Waals surface area contributed by atoms with Crippen LogP contribution in [0.15, 0.2) is 42.5 Å². The van der Waals surface area contributed by atoms with Crippen LogP contribution in [0, 0.1) is 0 Å². The first kappa shape index (κ1) is 18.9. The number of carbonyl (C=O) groups is 1. The average Bonchev–Trinajstić information content (AvgIpc) is 3.17. The summed E-state index contributed by atoms with van der Waals surface area (Å²) in [5.74, 6) is 3.18. The first-order valence-corrected chi connectivity index (χ1v) is 9.12. The monoisotopic (exact) mass is 371 g/mol. The number of ether oxygens (including phenoxy) is 4. The van der Waals surface area contributed by atoms with E-state index >= 15 is 0 Å². The van der Waals surface area contributed by atoms with Crippen LogP contribution in [0.3, 0.4) is 0 Å². The van der Waals surface area contributed by atoms with Gasteiger partial charge in [-0.2, -0.15) is 0 Å². The van der Waals surface area contributed by atoms with E-state index in [1.807, 2.05) is 54.3 Å². The summed E-state index contributed by atoms with van der Waals surface area (Å²) in [7, 11) is 1.63. The van der Waals surface area contributed by atoms with Crippen LogP contribution in [0.1, 0.15) is 25.3 Å². The number of carbonyl (C=O) groups excluding carboxylic acids is 1. The molecule has 0 saturated carbocycles.